The number of anilines is 1. The molecule has 0 aliphatic heterocycles. The Morgan fingerprint density at radius 1 is 1.37 bits per heavy atom. The van der Waals surface area contributed by atoms with Crippen molar-refractivity contribution in [2.75, 3.05) is 12.3 Å². The molecule has 1 aliphatic carbocycles. The highest BCUT2D eigenvalue weighted by Gasteiger charge is 2.22. The van der Waals surface area contributed by atoms with Gasteiger partial charge in [-0.25, -0.2) is 17.5 Å². The van der Waals surface area contributed by atoms with E-state index in [0.29, 0.717) is 18.0 Å². The van der Waals surface area contributed by atoms with Gasteiger partial charge in [-0.2, -0.15) is 0 Å². The summed E-state index contributed by atoms with van der Waals surface area (Å²) < 4.78 is 40.2. The summed E-state index contributed by atoms with van der Waals surface area (Å²) in [5, 5.41) is 0. The smallest absolute Gasteiger partial charge is 0.240 e. The van der Waals surface area contributed by atoms with Crippen molar-refractivity contribution in [2.24, 2.45) is 5.92 Å². The van der Waals surface area contributed by atoms with Crippen LogP contribution in [-0.4, -0.2) is 15.0 Å². The lowest BCUT2D eigenvalue weighted by atomic mass is 10.1. The second-order valence-corrected chi connectivity index (χ2v) is 6.88. The average Bonchev–Trinajstić information content (AvgIpc) is 2.84. The van der Waals surface area contributed by atoms with Gasteiger partial charge in [-0.3, -0.25) is 0 Å². The predicted octanol–water partition coefficient (Wildman–Crippen LogP) is 2.18. The Hall–Kier alpha value is -1.14. The van der Waals surface area contributed by atoms with Crippen LogP contribution in [0.1, 0.15) is 31.2 Å². The Bertz CT molecular complexity index is 566. The second kappa shape index (κ2) is 5.46. The van der Waals surface area contributed by atoms with Crippen LogP contribution in [-0.2, 0) is 10.0 Å². The monoisotopic (exact) mass is 286 g/mol. The molecule has 1 aromatic rings. The van der Waals surface area contributed by atoms with Gasteiger partial charge in [0.2, 0.25) is 10.0 Å². The van der Waals surface area contributed by atoms with Crippen LogP contribution in [0.2, 0.25) is 0 Å². The lowest BCUT2D eigenvalue weighted by Gasteiger charge is -2.13. The van der Waals surface area contributed by atoms with E-state index in [2.05, 4.69) is 4.72 Å². The van der Waals surface area contributed by atoms with Crippen molar-refractivity contribution in [2.45, 2.75) is 37.5 Å². The van der Waals surface area contributed by atoms with E-state index in [-0.39, 0.29) is 10.6 Å². The number of hydrogen-bond acceptors (Lipinski definition) is 3. The molecule has 106 valence electrons. The summed E-state index contributed by atoms with van der Waals surface area (Å²) in [4.78, 5) is 0.0596. The number of hydrogen-bond donors (Lipinski definition) is 2. The molecule has 0 bridgehead atoms. The van der Waals surface area contributed by atoms with Gasteiger partial charge in [0.25, 0.3) is 0 Å². The summed E-state index contributed by atoms with van der Waals surface area (Å²) in [7, 11) is -3.61. The third kappa shape index (κ3) is 3.25. The number of benzene rings is 1. The van der Waals surface area contributed by atoms with Gasteiger partial charge < -0.3 is 5.73 Å². The zero-order valence-corrected chi connectivity index (χ0v) is 11.8. The first-order chi connectivity index (χ1) is 8.90. The summed E-state index contributed by atoms with van der Waals surface area (Å²) in [6.07, 6.45) is 4.45. The van der Waals surface area contributed by atoms with Crippen LogP contribution in [0.5, 0.6) is 0 Å². The Labute approximate surface area is 113 Å². The van der Waals surface area contributed by atoms with Gasteiger partial charge in [0.15, 0.2) is 0 Å². The molecule has 0 saturated heterocycles. The van der Waals surface area contributed by atoms with Crippen LogP contribution in [0.25, 0.3) is 0 Å². The van der Waals surface area contributed by atoms with Crippen molar-refractivity contribution in [1.29, 1.82) is 0 Å². The lowest BCUT2D eigenvalue weighted by Crippen LogP contribution is -2.29. The van der Waals surface area contributed by atoms with Gasteiger partial charge in [0, 0.05) is 6.54 Å². The maximum Gasteiger partial charge on any atom is 0.240 e. The summed E-state index contributed by atoms with van der Waals surface area (Å²) in [6.45, 7) is 2.01. The molecule has 19 heavy (non-hydrogen) atoms. The van der Waals surface area contributed by atoms with Crippen molar-refractivity contribution < 1.29 is 12.8 Å². The van der Waals surface area contributed by atoms with Gasteiger partial charge in [-0.05, 0) is 43.4 Å². The summed E-state index contributed by atoms with van der Waals surface area (Å²) in [5.41, 5.74) is 5.66. The molecule has 1 aromatic carbocycles. The van der Waals surface area contributed by atoms with E-state index in [1.807, 2.05) is 0 Å². The van der Waals surface area contributed by atoms with E-state index >= 15 is 0 Å². The van der Waals surface area contributed by atoms with E-state index in [9.17, 15) is 12.8 Å². The number of aryl methyl sites for hydroxylation is 1. The molecule has 0 heterocycles. The first-order valence-corrected chi connectivity index (χ1v) is 7.94. The second-order valence-electron chi connectivity index (χ2n) is 5.14. The Kier molecular flexibility index (Phi) is 4.10. The average molecular weight is 286 g/mol. The van der Waals surface area contributed by atoms with Gasteiger partial charge in [-0.15, -0.1) is 0 Å². The third-order valence-corrected chi connectivity index (χ3v) is 5.19. The fourth-order valence-corrected chi connectivity index (χ4v) is 3.85. The SMILES string of the molecule is Cc1cc(F)c(N)cc1S(=O)(=O)NCC1CCCC1. The topological polar surface area (TPSA) is 72.2 Å². The lowest BCUT2D eigenvalue weighted by molar-refractivity contribution is 0.519. The first-order valence-electron chi connectivity index (χ1n) is 6.45. The molecule has 1 fully saturated rings. The Balaban J connectivity index is 2.16. The van der Waals surface area contributed by atoms with Crippen LogP contribution < -0.4 is 10.5 Å². The molecule has 2 rings (SSSR count). The number of nitrogens with two attached hydrogens (primary N) is 1. The molecule has 4 nitrogen and oxygen atoms in total. The van der Waals surface area contributed by atoms with Gasteiger partial charge in [0.05, 0.1) is 10.6 Å². The summed E-state index contributed by atoms with van der Waals surface area (Å²) >= 11 is 0. The first kappa shape index (κ1) is 14.3. The quantitative estimate of drug-likeness (QED) is 0.833. The fourth-order valence-electron chi connectivity index (χ4n) is 2.48. The zero-order valence-electron chi connectivity index (χ0n) is 10.9. The van der Waals surface area contributed by atoms with Crippen LogP contribution in [0.15, 0.2) is 17.0 Å². The maximum absolute atomic E-state index is 13.2. The molecule has 0 unspecified atom stereocenters. The van der Waals surface area contributed by atoms with E-state index in [0.717, 1.165) is 31.7 Å². The molecule has 1 aliphatic rings. The molecule has 0 aromatic heterocycles. The highest BCUT2D eigenvalue weighted by atomic mass is 32.2. The molecular weight excluding hydrogens is 267 g/mol. The molecule has 1 saturated carbocycles. The molecule has 3 N–H and O–H groups in total. The number of sulfonamides is 1. The highest BCUT2D eigenvalue weighted by molar-refractivity contribution is 7.89. The van der Waals surface area contributed by atoms with Gasteiger partial charge in [-0.1, -0.05) is 12.8 Å². The van der Waals surface area contributed by atoms with Crippen molar-refractivity contribution in [3.63, 3.8) is 0 Å². The third-order valence-electron chi connectivity index (χ3n) is 3.62. The van der Waals surface area contributed by atoms with E-state index in [4.69, 9.17) is 5.73 Å². The standard InChI is InChI=1S/C13H19FN2O2S/c1-9-6-11(14)12(15)7-13(9)19(17,18)16-8-10-4-2-3-5-10/h6-7,10,16H,2-5,8,15H2,1H3. The summed E-state index contributed by atoms with van der Waals surface area (Å²) in [6, 6.07) is 2.33. The number of rotatable bonds is 4. The molecule has 0 atom stereocenters. The zero-order chi connectivity index (χ0) is 14.0. The van der Waals surface area contributed by atoms with E-state index < -0.39 is 15.8 Å². The van der Waals surface area contributed by atoms with E-state index in [1.54, 1.807) is 6.92 Å². The largest absolute Gasteiger partial charge is 0.396 e. The molecule has 0 spiro atoms. The minimum absolute atomic E-state index is 0.0596. The number of nitrogen functional groups attached to an aromatic ring is 1. The minimum Gasteiger partial charge on any atom is -0.396 e. The number of halogens is 1. The predicted molar refractivity (Wildman–Crippen MR) is 72.7 cm³/mol. The molecular formula is C13H19FN2O2S. The van der Waals surface area contributed by atoms with Crippen LogP contribution >= 0.6 is 0 Å². The van der Waals surface area contributed by atoms with Crippen molar-refractivity contribution >= 4 is 15.7 Å². The maximum atomic E-state index is 13.2. The highest BCUT2D eigenvalue weighted by Crippen LogP contribution is 2.25. The number of nitrogens with one attached hydrogen (secondary N) is 1. The van der Waals surface area contributed by atoms with Crippen molar-refractivity contribution in [3.8, 4) is 0 Å². The minimum atomic E-state index is -3.61. The Morgan fingerprint density at radius 3 is 2.63 bits per heavy atom. The molecule has 0 amide bonds. The van der Waals surface area contributed by atoms with Crippen molar-refractivity contribution in [3.05, 3.63) is 23.5 Å². The van der Waals surface area contributed by atoms with Crippen LogP contribution in [0, 0.1) is 18.7 Å². The van der Waals surface area contributed by atoms with Crippen LogP contribution in [0.4, 0.5) is 10.1 Å². The van der Waals surface area contributed by atoms with Crippen LogP contribution in [0.3, 0.4) is 0 Å². The van der Waals surface area contributed by atoms with E-state index in [1.165, 1.54) is 6.07 Å². The van der Waals surface area contributed by atoms with Crippen molar-refractivity contribution in [1.82, 2.24) is 4.72 Å². The summed E-state index contributed by atoms with van der Waals surface area (Å²) in [5.74, 6) is -0.180. The normalized spacial score (nSPS) is 16.9. The van der Waals surface area contributed by atoms with Gasteiger partial charge >= 0.3 is 0 Å². The molecule has 0 radical (unpaired) electrons. The molecule has 6 heteroatoms. The Morgan fingerprint density at radius 2 is 2.00 bits per heavy atom. The fraction of sp³-hybridized carbons (Fsp3) is 0.538. The van der Waals surface area contributed by atoms with Gasteiger partial charge in [0.1, 0.15) is 5.82 Å².